The summed E-state index contributed by atoms with van der Waals surface area (Å²) in [6.07, 6.45) is -3.19. The number of hydrogen-bond acceptors (Lipinski definition) is 4. The summed E-state index contributed by atoms with van der Waals surface area (Å²) >= 11 is 0. The number of halogens is 3. The summed E-state index contributed by atoms with van der Waals surface area (Å²) in [5.41, 5.74) is -0.383. The Bertz CT molecular complexity index is 956. The molecule has 1 unspecified atom stereocenters. The topological polar surface area (TPSA) is 41.9 Å². The van der Waals surface area contributed by atoms with Crippen molar-refractivity contribution >= 4 is 5.57 Å². The number of rotatable bonds is 5. The monoisotopic (exact) mass is 433 g/mol. The fraction of sp³-hybridized carbons (Fsp3) is 0.417. The Morgan fingerprint density at radius 3 is 2.58 bits per heavy atom. The summed E-state index contributed by atoms with van der Waals surface area (Å²) in [6, 6.07) is 11.0. The van der Waals surface area contributed by atoms with Gasteiger partial charge in [-0.3, -0.25) is 4.90 Å². The van der Waals surface area contributed by atoms with Crippen LogP contribution in [-0.4, -0.2) is 41.9 Å². The zero-order chi connectivity index (χ0) is 22.2. The van der Waals surface area contributed by atoms with Crippen LogP contribution in [0.3, 0.4) is 0 Å². The molecule has 31 heavy (non-hydrogen) atoms. The van der Waals surface area contributed by atoms with Crippen LogP contribution in [0.5, 0.6) is 17.2 Å². The van der Waals surface area contributed by atoms with E-state index < -0.39 is 17.9 Å². The van der Waals surface area contributed by atoms with Crippen molar-refractivity contribution in [2.75, 3.05) is 19.7 Å². The van der Waals surface area contributed by atoms with Crippen molar-refractivity contribution in [3.63, 3.8) is 0 Å². The Balaban J connectivity index is 1.47. The number of nitrogens with zero attached hydrogens (tertiary/aromatic N) is 1. The molecule has 4 rings (SSSR count). The molecule has 1 N–H and O–H groups in total. The highest BCUT2D eigenvalue weighted by atomic mass is 19.4. The molecule has 1 saturated heterocycles. The molecule has 3 atom stereocenters. The van der Waals surface area contributed by atoms with Gasteiger partial charge in [0, 0.05) is 18.2 Å². The van der Waals surface area contributed by atoms with Crippen LogP contribution in [0.2, 0.25) is 0 Å². The molecule has 2 heterocycles. The lowest BCUT2D eigenvalue weighted by Crippen LogP contribution is -2.35. The molecular formula is C24H26F3NO3. The summed E-state index contributed by atoms with van der Waals surface area (Å²) in [4.78, 5) is 2.41. The van der Waals surface area contributed by atoms with Crippen molar-refractivity contribution in [3.8, 4) is 17.2 Å². The Labute approximate surface area is 179 Å². The third kappa shape index (κ3) is 4.82. The van der Waals surface area contributed by atoms with E-state index in [-0.39, 0.29) is 17.1 Å². The Morgan fingerprint density at radius 2 is 1.94 bits per heavy atom. The van der Waals surface area contributed by atoms with Crippen molar-refractivity contribution in [3.05, 3.63) is 59.7 Å². The highest BCUT2D eigenvalue weighted by Gasteiger charge is 2.39. The molecule has 0 amide bonds. The number of benzene rings is 2. The summed E-state index contributed by atoms with van der Waals surface area (Å²) in [5.74, 6) is 1.23. The molecule has 0 spiro atoms. The third-order valence-electron chi connectivity index (χ3n) is 5.91. The second-order valence-electron chi connectivity index (χ2n) is 8.41. The molecule has 0 radical (unpaired) electrons. The van der Waals surface area contributed by atoms with Crippen LogP contribution in [0, 0.1) is 5.92 Å². The van der Waals surface area contributed by atoms with Crippen molar-refractivity contribution < 1.29 is 27.8 Å². The summed E-state index contributed by atoms with van der Waals surface area (Å²) in [7, 11) is 0. The number of alkyl halides is 3. The van der Waals surface area contributed by atoms with Crippen molar-refractivity contribution in [2.24, 2.45) is 5.92 Å². The minimum atomic E-state index is -4.56. The summed E-state index contributed by atoms with van der Waals surface area (Å²) in [5, 5.41) is 9.59. The van der Waals surface area contributed by atoms with Crippen LogP contribution in [0.1, 0.15) is 37.5 Å². The molecule has 2 aromatic rings. The maximum Gasteiger partial charge on any atom is 0.416 e. The van der Waals surface area contributed by atoms with Crippen LogP contribution in [0.15, 0.2) is 48.5 Å². The van der Waals surface area contributed by atoms with E-state index in [0.29, 0.717) is 29.9 Å². The molecule has 166 valence electrons. The minimum Gasteiger partial charge on any atom is -0.508 e. The smallest absolute Gasteiger partial charge is 0.416 e. The van der Waals surface area contributed by atoms with Crippen LogP contribution in [-0.2, 0) is 0 Å². The highest BCUT2D eigenvalue weighted by Crippen LogP contribution is 2.45. The van der Waals surface area contributed by atoms with Crippen molar-refractivity contribution in [1.29, 1.82) is 0 Å². The Kier molecular flexibility index (Phi) is 5.88. The zero-order valence-corrected chi connectivity index (χ0v) is 17.5. The maximum absolute atomic E-state index is 13.6. The number of aromatic hydroxyl groups is 1. The van der Waals surface area contributed by atoms with E-state index in [1.807, 2.05) is 0 Å². The molecular weight excluding hydrogens is 407 g/mol. The number of hydrogen-bond donors (Lipinski definition) is 1. The van der Waals surface area contributed by atoms with E-state index in [1.165, 1.54) is 18.6 Å². The molecule has 0 aromatic heterocycles. The number of phenols is 1. The predicted molar refractivity (Wildman–Crippen MR) is 112 cm³/mol. The molecule has 2 aliphatic heterocycles. The van der Waals surface area contributed by atoms with Crippen LogP contribution < -0.4 is 9.47 Å². The van der Waals surface area contributed by atoms with E-state index in [1.54, 1.807) is 24.3 Å². The van der Waals surface area contributed by atoms with Crippen LogP contribution in [0.25, 0.3) is 5.57 Å². The highest BCUT2D eigenvalue weighted by molar-refractivity contribution is 5.77. The van der Waals surface area contributed by atoms with Crippen LogP contribution in [0.4, 0.5) is 13.2 Å². The van der Waals surface area contributed by atoms with E-state index in [0.717, 1.165) is 25.2 Å². The second kappa shape index (κ2) is 8.46. The first-order valence-corrected chi connectivity index (χ1v) is 10.5. The van der Waals surface area contributed by atoms with Gasteiger partial charge in [-0.15, -0.1) is 0 Å². The van der Waals surface area contributed by atoms with Gasteiger partial charge < -0.3 is 14.6 Å². The van der Waals surface area contributed by atoms with Gasteiger partial charge >= 0.3 is 6.18 Å². The lowest BCUT2D eigenvalue weighted by atomic mass is 9.96. The average molecular weight is 433 g/mol. The first-order chi connectivity index (χ1) is 14.7. The third-order valence-corrected chi connectivity index (χ3v) is 5.91. The van der Waals surface area contributed by atoms with E-state index in [4.69, 9.17) is 9.47 Å². The quantitative estimate of drug-likeness (QED) is 0.668. The molecule has 2 aromatic carbocycles. The molecule has 0 saturated carbocycles. The number of likely N-dealkylation sites (tertiary alicyclic amines) is 1. The fourth-order valence-electron chi connectivity index (χ4n) is 4.10. The maximum atomic E-state index is 13.6. The largest absolute Gasteiger partial charge is 0.508 e. The van der Waals surface area contributed by atoms with Gasteiger partial charge in [0.2, 0.25) is 0 Å². The molecule has 0 bridgehead atoms. The minimum absolute atomic E-state index is 0.0895. The van der Waals surface area contributed by atoms with Crippen molar-refractivity contribution in [2.45, 2.75) is 38.6 Å². The van der Waals surface area contributed by atoms with Gasteiger partial charge in [0.15, 0.2) is 0 Å². The summed E-state index contributed by atoms with van der Waals surface area (Å²) < 4.78 is 52.5. The number of fused-ring (bicyclic) bond motifs is 1. The Hall–Kier alpha value is -2.67. The molecule has 4 nitrogen and oxygen atoms in total. The van der Waals surface area contributed by atoms with Gasteiger partial charge in [-0.1, -0.05) is 19.1 Å². The normalized spacial score (nSPS) is 22.4. The molecule has 2 aliphatic rings. The Morgan fingerprint density at radius 1 is 1.19 bits per heavy atom. The summed E-state index contributed by atoms with van der Waals surface area (Å²) in [6.45, 7) is 7.10. The van der Waals surface area contributed by atoms with Gasteiger partial charge in [0.25, 0.3) is 0 Å². The van der Waals surface area contributed by atoms with Gasteiger partial charge in [0.05, 0.1) is 5.57 Å². The zero-order valence-electron chi connectivity index (χ0n) is 17.5. The van der Waals surface area contributed by atoms with Crippen LogP contribution >= 0.6 is 0 Å². The van der Waals surface area contributed by atoms with Gasteiger partial charge in [-0.25, -0.2) is 0 Å². The lowest BCUT2D eigenvalue weighted by molar-refractivity contribution is -0.0701. The number of allylic oxidation sites excluding steroid dienone is 1. The molecule has 0 aliphatic carbocycles. The number of ether oxygens (including phenoxy) is 2. The second-order valence-corrected chi connectivity index (χ2v) is 8.41. The standard InChI is InChI=1S/C24H26F3NO3/c1-15-9-10-28(13-15)16(2)14-30-19-6-3-17(4-7-19)23-12-21(24(25,26)27)20-11-18(29)5-8-22(20)31-23/h3-8,11-12,15-16,23,29H,9-10,13-14H2,1-2H3/t15-,16+,23?/m1/s1. The first-order valence-electron chi connectivity index (χ1n) is 10.5. The SMILES string of the molecule is C[C@@H]1CCN([C@@H](C)COc2ccc(C3C=C(C(F)(F)F)c4cc(O)ccc4O3)cc2)C1. The van der Waals surface area contributed by atoms with E-state index in [2.05, 4.69) is 18.7 Å². The van der Waals surface area contributed by atoms with E-state index >= 15 is 0 Å². The lowest BCUT2D eigenvalue weighted by Gasteiger charge is -2.27. The van der Waals surface area contributed by atoms with Gasteiger partial charge in [-0.05, 0) is 67.8 Å². The van der Waals surface area contributed by atoms with Gasteiger partial charge in [0.1, 0.15) is 30.0 Å². The predicted octanol–water partition coefficient (Wildman–Crippen LogP) is 5.58. The van der Waals surface area contributed by atoms with Crippen molar-refractivity contribution in [1.82, 2.24) is 4.90 Å². The van der Waals surface area contributed by atoms with E-state index in [9.17, 15) is 18.3 Å². The number of phenolic OH excluding ortho intramolecular Hbond substituents is 1. The fourth-order valence-corrected chi connectivity index (χ4v) is 4.10. The first kappa shape index (κ1) is 21.6. The average Bonchev–Trinajstić information content (AvgIpc) is 3.17. The molecule has 7 heteroatoms. The van der Waals surface area contributed by atoms with Gasteiger partial charge in [-0.2, -0.15) is 13.2 Å². The molecule has 1 fully saturated rings.